The van der Waals surface area contributed by atoms with Crippen molar-refractivity contribution in [3.05, 3.63) is 23.3 Å². The van der Waals surface area contributed by atoms with Crippen LogP contribution in [0.2, 0.25) is 0 Å². The third-order valence-electron chi connectivity index (χ3n) is 11.1. The van der Waals surface area contributed by atoms with Gasteiger partial charge in [0.25, 0.3) is 0 Å². The number of fused-ring (bicyclic) bond motifs is 5. The van der Waals surface area contributed by atoms with Gasteiger partial charge >= 0.3 is 11.9 Å². The minimum absolute atomic E-state index is 0.0583. The minimum atomic E-state index is -1.53. The summed E-state index contributed by atoms with van der Waals surface area (Å²) in [6.45, 7) is 8.23. The average Bonchev–Trinajstić information content (AvgIpc) is 3.40. The molecule has 0 spiro atoms. The highest BCUT2D eigenvalue weighted by atomic mass is 16.6. The van der Waals surface area contributed by atoms with E-state index in [2.05, 4.69) is 6.92 Å². The molecule has 2 fully saturated rings. The van der Waals surface area contributed by atoms with Crippen LogP contribution >= 0.6 is 0 Å². The van der Waals surface area contributed by atoms with E-state index in [1.54, 1.807) is 20.8 Å². The van der Waals surface area contributed by atoms with E-state index in [-0.39, 0.29) is 25.4 Å². The SMILES string of the molecule is CCCCCCCCCCCC(=O)OC1C(C)C2(O)C3C=C(C)C(=O)C3CC(CO)=CC2C2C(C)(CO)C12OC(C)=O. The zero-order valence-corrected chi connectivity index (χ0v) is 26.2. The lowest BCUT2D eigenvalue weighted by Gasteiger charge is -2.52. The van der Waals surface area contributed by atoms with Gasteiger partial charge in [0.05, 0.1) is 18.8 Å². The quantitative estimate of drug-likeness (QED) is 0.149. The maximum absolute atomic E-state index is 13.3. The zero-order chi connectivity index (χ0) is 30.9. The summed E-state index contributed by atoms with van der Waals surface area (Å²) in [5.41, 5.74) is -2.66. The van der Waals surface area contributed by atoms with Crippen LogP contribution in [0.5, 0.6) is 0 Å². The number of carbonyl (C=O) groups excluding carboxylic acids is 3. The maximum Gasteiger partial charge on any atom is 0.306 e. The number of esters is 2. The summed E-state index contributed by atoms with van der Waals surface area (Å²) in [7, 11) is 0. The fourth-order valence-electron chi connectivity index (χ4n) is 8.80. The van der Waals surface area contributed by atoms with Crippen LogP contribution in [0, 0.1) is 35.0 Å². The summed E-state index contributed by atoms with van der Waals surface area (Å²) >= 11 is 0. The molecular weight excluding hydrogens is 536 g/mol. The molecule has 0 aromatic rings. The second-order valence-electron chi connectivity index (χ2n) is 13.7. The van der Waals surface area contributed by atoms with Crippen molar-refractivity contribution in [3.63, 3.8) is 0 Å². The third-order valence-corrected chi connectivity index (χ3v) is 11.1. The topological polar surface area (TPSA) is 130 Å². The maximum atomic E-state index is 13.3. The van der Waals surface area contributed by atoms with Crippen LogP contribution in [-0.4, -0.2) is 63.6 Å². The lowest BCUT2D eigenvalue weighted by atomic mass is 9.60. The molecule has 4 rings (SSSR count). The van der Waals surface area contributed by atoms with Crippen molar-refractivity contribution in [2.24, 2.45) is 35.0 Å². The number of allylic oxidation sites excluding steroid dienone is 1. The van der Waals surface area contributed by atoms with E-state index in [4.69, 9.17) is 9.47 Å². The van der Waals surface area contributed by atoms with E-state index in [0.29, 0.717) is 24.0 Å². The van der Waals surface area contributed by atoms with Gasteiger partial charge < -0.3 is 24.8 Å². The van der Waals surface area contributed by atoms with Crippen molar-refractivity contribution < 1.29 is 39.2 Å². The lowest BCUT2D eigenvalue weighted by molar-refractivity contribution is -0.220. The van der Waals surface area contributed by atoms with Crippen molar-refractivity contribution >= 4 is 17.7 Å². The summed E-state index contributed by atoms with van der Waals surface area (Å²) in [5, 5.41) is 33.6. The molecule has 9 atom stereocenters. The molecule has 0 heterocycles. The van der Waals surface area contributed by atoms with E-state index in [0.717, 1.165) is 19.3 Å². The Kier molecular flexibility index (Phi) is 10.1. The molecule has 0 amide bonds. The van der Waals surface area contributed by atoms with Gasteiger partial charge in [0.2, 0.25) is 0 Å². The first-order chi connectivity index (χ1) is 19.9. The number of Topliss-reactive ketones (excluding diaryl/α,β-unsaturated/α-hetero) is 1. The first-order valence-electron chi connectivity index (χ1n) is 16.2. The highest BCUT2D eigenvalue weighted by molar-refractivity contribution is 6.00. The molecular formula is C34H52O8. The third kappa shape index (κ3) is 5.41. The van der Waals surface area contributed by atoms with Crippen molar-refractivity contribution in [1.82, 2.24) is 0 Å². The summed E-state index contributed by atoms with van der Waals surface area (Å²) < 4.78 is 12.2. The molecule has 2 saturated carbocycles. The second-order valence-corrected chi connectivity index (χ2v) is 13.7. The molecule has 4 aliphatic rings. The van der Waals surface area contributed by atoms with Crippen LogP contribution in [0.4, 0.5) is 0 Å². The van der Waals surface area contributed by atoms with E-state index < -0.39 is 64.2 Å². The number of carbonyl (C=O) groups is 3. The Morgan fingerprint density at radius 2 is 1.62 bits per heavy atom. The number of unbranched alkanes of at least 4 members (excludes halogenated alkanes) is 8. The Hall–Kier alpha value is -2.03. The number of ether oxygens (including phenoxy) is 2. The van der Waals surface area contributed by atoms with Gasteiger partial charge in [-0.25, -0.2) is 0 Å². The van der Waals surface area contributed by atoms with Gasteiger partial charge in [0.1, 0.15) is 6.10 Å². The van der Waals surface area contributed by atoms with E-state index in [9.17, 15) is 29.7 Å². The normalized spacial score (nSPS) is 38.4. The van der Waals surface area contributed by atoms with Gasteiger partial charge in [0.15, 0.2) is 11.4 Å². The Bertz CT molecular complexity index is 1100. The van der Waals surface area contributed by atoms with Crippen molar-refractivity contribution in [1.29, 1.82) is 0 Å². The molecule has 0 aromatic heterocycles. The second kappa shape index (κ2) is 12.9. The molecule has 4 aliphatic carbocycles. The zero-order valence-electron chi connectivity index (χ0n) is 26.2. The van der Waals surface area contributed by atoms with Crippen LogP contribution in [0.3, 0.4) is 0 Å². The van der Waals surface area contributed by atoms with Crippen LogP contribution in [0.1, 0.15) is 105 Å². The van der Waals surface area contributed by atoms with Crippen LogP contribution < -0.4 is 0 Å². The molecule has 0 saturated heterocycles. The molecule has 236 valence electrons. The number of aliphatic hydroxyl groups excluding tert-OH is 2. The summed E-state index contributed by atoms with van der Waals surface area (Å²) in [6.07, 6.45) is 13.2. The molecule has 8 nitrogen and oxygen atoms in total. The standard InChI is InChI=1S/C34H52O8/c1-6-7-8-9-10-11-12-13-14-15-28(38)41-31-22(3)33(40)26-16-21(2)29(39)25(26)17-24(19-35)18-27(33)30-32(5,20-36)34(30,31)42-23(4)37/h16,18,22,25-27,30-31,35-36,40H,6-15,17,19-20H2,1-5H3. The van der Waals surface area contributed by atoms with Gasteiger partial charge in [-0.3, -0.25) is 14.4 Å². The molecule has 0 bridgehead atoms. The Morgan fingerprint density at radius 3 is 2.19 bits per heavy atom. The number of hydrogen-bond acceptors (Lipinski definition) is 8. The smallest absolute Gasteiger partial charge is 0.306 e. The van der Waals surface area contributed by atoms with Gasteiger partial charge in [-0.2, -0.15) is 0 Å². The van der Waals surface area contributed by atoms with Crippen molar-refractivity contribution in [3.8, 4) is 0 Å². The molecule has 0 aliphatic heterocycles. The molecule has 0 aromatic carbocycles. The fraction of sp³-hybridized carbons (Fsp3) is 0.794. The van der Waals surface area contributed by atoms with Crippen LogP contribution in [-0.2, 0) is 23.9 Å². The van der Waals surface area contributed by atoms with Gasteiger partial charge in [-0.1, -0.05) is 84.3 Å². The molecule has 3 N–H and O–H groups in total. The summed E-state index contributed by atoms with van der Waals surface area (Å²) in [6, 6.07) is 0. The lowest BCUT2D eigenvalue weighted by Crippen LogP contribution is -2.63. The van der Waals surface area contributed by atoms with Crippen molar-refractivity contribution in [2.75, 3.05) is 13.2 Å². The highest BCUT2D eigenvalue weighted by Gasteiger charge is 2.88. The van der Waals surface area contributed by atoms with Crippen molar-refractivity contribution in [2.45, 2.75) is 123 Å². The van der Waals surface area contributed by atoms with Gasteiger partial charge in [-0.05, 0) is 30.9 Å². The van der Waals surface area contributed by atoms with E-state index >= 15 is 0 Å². The number of aliphatic hydroxyl groups is 3. The molecule has 0 radical (unpaired) electrons. The first kappa shape index (κ1) is 32.9. The first-order valence-corrected chi connectivity index (χ1v) is 16.2. The van der Waals surface area contributed by atoms with E-state index in [1.165, 1.54) is 39.0 Å². The monoisotopic (exact) mass is 588 g/mol. The Morgan fingerprint density at radius 1 is 1.00 bits per heavy atom. The van der Waals surface area contributed by atoms with Gasteiger partial charge in [-0.15, -0.1) is 0 Å². The van der Waals surface area contributed by atoms with E-state index in [1.807, 2.05) is 12.2 Å². The molecule has 9 unspecified atom stereocenters. The Balaban J connectivity index is 1.59. The Labute approximate surface area is 250 Å². The molecule has 8 heteroatoms. The fourth-order valence-corrected chi connectivity index (χ4v) is 8.80. The predicted octanol–water partition coefficient (Wildman–Crippen LogP) is 4.83. The largest absolute Gasteiger partial charge is 0.458 e. The minimum Gasteiger partial charge on any atom is -0.458 e. The van der Waals surface area contributed by atoms with Crippen LogP contribution in [0.25, 0.3) is 0 Å². The summed E-state index contributed by atoms with van der Waals surface area (Å²) in [4.78, 5) is 39.0. The summed E-state index contributed by atoms with van der Waals surface area (Å²) in [5.74, 6) is -4.08. The van der Waals surface area contributed by atoms with Crippen LogP contribution in [0.15, 0.2) is 23.3 Å². The van der Waals surface area contributed by atoms with Gasteiger partial charge in [0, 0.05) is 48.3 Å². The number of hydrogen-bond donors (Lipinski definition) is 3. The highest BCUT2D eigenvalue weighted by Crippen LogP contribution is 2.76. The average molecular weight is 589 g/mol. The number of rotatable bonds is 14. The number of ketones is 1. The predicted molar refractivity (Wildman–Crippen MR) is 158 cm³/mol. The molecule has 42 heavy (non-hydrogen) atoms.